The van der Waals surface area contributed by atoms with Crippen LogP contribution in [0, 0.1) is 10.1 Å². The number of benzene rings is 2. The zero-order chi connectivity index (χ0) is 21.7. The number of carbonyl (C=O) groups is 2. The fourth-order valence-corrected chi connectivity index (χ4v) is 3.58. The molecule has 0 N–H and O–H groups in total. The number of esters is 1. The number of hydrogen-bond acceptors (Lipinski definition) is 7. The standard InChI is InChI=1S/C21H22N2O7/c1-28-14-9-10-19(29-2)16(12-14)17-8-5-11-22(17)20(24)13-30-21(25)15-6-3-4-7-18(15)23(26)27/h3-4,6-7,9-10,12,17H,5,8,11,13H2,1-2H3/t17-/m0/s1. The van der Waals surface area contributed by atoms with Gasteiger partial charge in [0, 0.05) is 18.2 Å². The lowest BCUT2D eigenvalue weighted by molar-refractivity contribution is -0.385. The first-order chi connectivity index (χ1) is 14.5. The van der Waals surface area contributed by atoms with Crippen molar-refractivity contribution in [2.45, 2.75) is 18.9 Å². The number of nitrogens with zero attached hydrogens (tertiary/aromatic N) is 2. The van der Waals surface area contributed by atoms with Crippen molar-refractivity contribution >= 4 is 17.6 Å². The van der Waals surface area contributed by atoms with E-state index in [-0.39, 0.29) is 23.2 Å². The maximum absolute atomic E-state index is 12.8. The molecule has 0 unspecified atom stereocenters. The first-order valence-corrected chi connectivity index (χ1v) is 9.38. The third-order valence-electron chi connectivity index (χ3n) is 5.02. The van der Waals surface area contributed by atoms with E-state index in [0.717, 1.165) is 18.4 Å². The van der Waals surface area contributed by atoms with E-state index in [1.165, 1.54) is 24.3 Å². The van der Waals surface area contributed by atoms with Gasteiger partial charge >= 0.3 is 5.97 Å². The summed E-state index contributed by atoms with van der Waals surface area (Å²) in [6.07, 6.45) is 1.52. The monoisotopic (exact) mass is 414 g/mol. The largest absolute Gasteiger partial charge is 0.497 e. The van der Waals surface area contributed by atoms with Gasteiger partial charge in [0.2, 0.25) is 0 Å². The summed E-state index contributed by atoms with van der Waals surface area (Å²) < 4.78 is 15.8. The van der Waals surface area contributed by atoms with Crippen LogP contribution in [0.2, 0.25) is 0 Å². The van der Waals surface area contributed by atoms with Crippen LogP contribution in [0.25, 0.3) is 0 Å². The van der Waals surface area contributed by atoms with Crippen LogP contribution in [0.3, 0.4) is 0 Å². The lowest BCUT2D eigenvalue weighted by atomic mass is 10.0. The van der Waals surface area contributed by atoms with Crippen molar-refractivity contribution in [3.05, 3.63) is 63.7 Å². The Labute approximate surface area is 173 Å². The highest BCUT2D eigenvalue weighted by atomic mass is 16.6. The third-order valence-corrected chi connectivity index (χ3v) is 5.02. The first kappa shape index (κ1) is 21.1. The summed E-state index contributed by atoms with van der Waals surface area (Å²) in [6.45, 7) is 0.000561. The lowest BCUT2D eigenvalue weighted by Crippen LogP contribution is -2.34. The summed E-state index contributed by atoms with van der Waals surface area (Å²) in [7, 11) is 3.12. The van der Waals surface area contributed by atoms with Crippen molar-refractivity contribution in [2.24, 2.45) is 0 Å². The number of amides is 1. The molecule has 1 aliphatic rings. The van der Waals surface area contributed by atoms with Gasteiger partial charge in [-0.25, -0.2) is 4.79 Å². The van der Waals surface area contributed by atoms with Crippen LogP contribution in [0.4, 0.5) is 5.69 Å². The summed E-state index contributed by atoms with van der Waals surface area (Å²) in [5.41, 5.74) is 0.255. The summed E-state index contributed by atoms with van der Waals surface area (Å²) >= 11 is 0. The van der Waals surface area contributed by atoms with E-state index in [1.54, 1.807) is 31.3 Å². The topological polar surface area (TPSA) is 108 Å². The molecule has 3 rings (SSSR count). The van der Waals surface area contributed by atoms with Crippen molar-refractivity contribution in [3.63, 3.8) is 0 Å². The first-order valence-electron chi connectivity index (χ1n) is 9.38. The van der Waals surface area contributed by atoms with Crippen LogP contribution >= 0.6 is 0 Å². The minimum atomic E-state index is -0.912. The van der Waals surface area contributed by atoms with Gasteiger partial charge in [0.05, 0.1) is 25.2 Å². The van der Waals surface area contributed by atoms with Crippen LogP contribution < -0.4 is 9.47 Å². The van der Waals surface area contributed by atoms with E-state index in [9.17, 15) is 19.7 Å². The Hall–Kier alpha value is -3.62. The highest BCUT2D eigenvalue weighted by Crippen LogP contribution is 2.39. The predicted molar refractivity (Wildman–Crippen MR) is 107 cm³/mol. The number of methoxy groups -OCH3 is 2. The molecule has 158 valence electrons. The predicted octanol–water partition coefficient (Wildman–Crippen LogP) is 3.13. The fraction of sp³-hybridized carbons (Fsp3) is 0.333. The van der Waals surface area contributed by atoms with E-state index in [4.69, 9.17) is 14.2 Å². The van der Waals surface area contributed by atoms with Gasteiger partial charge < -0.3 is 19.1 Å². The molecule has 0 aromatic heterocycles. The van der Waals surface area contributed by atoms with E-state index in [1.807, 2.05) is 6.07 Å². The molecular weight excluding hydrogens is 392 g/mol. The average molecular weight is 414 g/mol. The van der Waals surface area contributed by atoms with Crippen LogP contribution in [-0.4, -0.2) is 49.1 Å². The molecule has 1 atom stereocenters. The fourth-order valence-electron chi connectivity index (χ4n) is 3.58. The normalized spacial score (nSPS) is 15.5. The molecule has 1 heterocycles. The molecule has 2 aromatic rings. The average Bonchev–Trinajstić information content (AvgIpc) is 3.26. The molecule has 0 spiro atoms. The molecule has 2 aromatic carbocycles. The Balaban J connectivity index is 1.73. The summed E-state index contributed by atoms with van der Waals surface area (Å²) in [6, 6.07) is 10.6. The molecule has 1 fully saturated rings. The summed E-state index contributed by atoms with van der Waals surface area (Å²) in [5, 5.41) is 11.1. The molecule has 1 amide bonds. The van der Waals surface area contributed by atoms with Gasteiger partial charge in [0.1, 0.15) is 17.1 Å². The van der Waals surface area contributed by atoms with E-state index < -0.39 is 17.5 Å². The van der Waals surface area contributed by atoms with Gasteiger partial charge in [-0.3, -0.25) is 14.9 Å². The maximum atomic E-state index is 12.8. The van der Waals surface area contributed by atoms with Gasteiger partial charge in [0.25, 0.3) is 11.6 Å². The number of hydrogen-bond donors (Lipinski definition) is 0. The van der Waals surface area contributed by atoms with Crippen LogP contribution in [0.1, 0.15) is 34.8 Å². The molecule has 1 saturated heterocycles. The van der Waals surface area contributed by atoms with Gasteiger partial charge in [-0.05, 0) is 37.1 Å². The Bertz CT molecular complexity index is 960. The number of likely N-dealkylation sites (tertiary alicyclic amines) is 1. The van der Waals surface area contributed by atoms with Crippen molar-refractivity contribution in [3.8, 4) is 11.5 Å². The molecule has 30 heavy (non-hydrogen) atoms. The van der Waals surface area contributed by atoms with Gasteiger partial charge in [-0.15, -0.1) is 0 Å². The highest BCUT2D eigenvalue weighted by Gasteiger charge is 2.33. The van der Waals surface area contributed by atoms with E-state index in [2.05, 4.69) is 0 Å². The molecule has 0 radical (unpaired) electrons. The van der Waals surface area contributed by atoms with Gasteiger partial charge in [-0.1, -0.05) is 12.1 Å². The van der Waals surface area contributed by atoms with Crippen LogP contribution in [-0.2, 0) is 9.53 Å². The quantitative estimate of drug-likeness (QED) is 0.389. The van der Waals surface area contributed by atoms with E-state index in [0.29, 0.717) is 18.0 Å². The Morgan fingerprint density at radius 3 is 2.63 bits per heavy atom. The molecule has 0 bridgehead atoms. The molecule has 9 nitrogen and oxygen atoms in total. The molecular formula is C21H22N2O7. The number of carbonyl (C=O) groups excluding carboxylic acids is 2. The second kappa shape index (κ2) is 9.25. The molecule has 0 saturated carbocycles. The minimum absolute atomic E-state index is 0.192. The minimum Gasteiger partial charge on any atom is -0.497 e. The summed E-state index contributed by atoms with van der Waals surface area (Å²) in [5.74, 6) is -0.00927. The van der Waals surface area contributed by atoms with Crippen LogP contribution in [0.5, 0.6) is 11.5 Å². The van der Waals surface area contributed by atoms with Crippen LogP contribution in [0.15, 0.2) is 42.5 Å². The van der Waals surface area contributed by atoms with Crippen molar-refractivity contribution in [1.29, 1.82) is 0 Å². The number of ether oxygens (including phenoxy) is 3. The third kappa shape index (κ3) is 4.35. The highest BCUT2D eigenvalue weighted by molar-refractivity contribution is 5.95. The molecule has 1 aliphatic heterocycles. The smallest absolute Gasteiger partial charge is 0.345 e. The second-order valence-electron chi connectivity index (χ2n) is 6.70. The molecule has 9 heteroatoms. The Kier molecular flexibility index (Phi) is 6.51. The van der Waals surface area contributed by atoms with Crippen molar-refractivity contribution in [1.82, 2.24) is 4.90 Å². The number of rotatable bonds is 7. The summed E-state index contributed by atoms with van der Waals surface area (Å²) in [4.78, 5) is 37.1. The maximum Gasteiger partial charge on any atom is 0.345 e. The van der Waals surface area contributed by atoms with Gasteiger partial charge in [0.15, 0.2) is 6.61 Å². The lowest BCUT2D eigenvalue weighted by Gasteiger charge is -2.26. The SMILES string of the molecule is COc1ccc(OC)c([C@@H]2CCCN2C(=O)COC(=O)c2ccccc2[N+](=O)[O-])c1. The second-order valence-corrected chi connectivity index (χ2v) is 6.70. The molecule has 0 aliphatic carbocycles. The zero-order valence-corrected chi connectivity index (χ0v) is 16.7. The van der Waals surface area contributed by atoms with E-state index >= 15 is 0 Å². The van der Waals surface area contributed by atoms with Crippen molar-refractivity contribution in [2.75, 3.05) is 27.4 Å². The number of nitro benzene ring substituents is 1. The Morgan fingerprint density at radius 1 is 1.17 bits per heavy atom. The number of nitro groups is 1. The van der Waals surface area contributed by atoms with Crippen molar-refractivity contribution < 1.29 is 28.7 Å². The van der Waals surface area contributed by atoms with Gasteiger partial charge in [-0.2, -0.15) is 0 Å². The number of para-hydroxylation sites is 1. The Morgan fingerprint density at radius 2 is 1.93 bits per heavy atom. The zero-order valence-electron chi connectivity index (χ0n) is 16.7.